The summed E-state index contributed by atoms with van der Waals surface area (Å²) in [5, 5.41) is 0. The second kappa shape index (κ2) is 7.11. The highest BCUT2D eigenvalue weighted by Crippen LogP contribution is 2.48. The summed E-state index contributed by atoms with van der Waals surface area (Å²) >= 11 is 0. The molecule has 1 atom stereocenters. The van der Waals surface area contributed by atoms with Gasteiger partial charge in [0.2, 0.25) is 0 Å². The molecule has 0 fully saturated rings. The third kappa shape index (κ3) is 2.99. The molecular formula is C25H28N2. The van der Waals surface area contributed by atoms with Crippen LogP contribution in [0.5, 0.6) is 0 Å². The fourth-order valence-electron chi connectivity index (χ4n) is 4.18. The maximum Gasteiger partial charge on any atom is 0.108 e. The van der Waals surface area contributed by atoms with E-state index in [-0.39, 0.29) is 6.17 Å². The van der Waals surface area contributed by atoms with Gasteiger partial charge in [-0.1, -0.05) is 50.2 Å². The summed E-state index contributed by atoms with van der Waals surface area (Å²) in [7, 11) is 0. The first-order valence-electron chi connectivity index (χ1n) is 10.00. The summed E-state index contributed by atoms with van der Waals surface area (Å²) in [5.41, 5.74) is 9.19. The molecule has 2 heteroatoms. The molecule has 4 rings (SSSR count). The summed E-state index contributed by atoms with van der Waals surface area (Å²) < 4.78 is 0. The zero-order valence-corrected chi connectivity index (χ0v) is 16.7. The molecule has 0 saturated heterocycles. The highest BCUT2D eigenvalue weighted by atomic mass is 15.4. The van der Waals surface area contributed by atoms with Gasteiger partial charge in [0.05, 0.1) is 11.4 Å². The van der Waals surface area contributed by atoms with Gasteiger partial charge in [-0.05, 0) is 73.7 Å². The minimum atomic E-state index is 0.223. The number of para-hydroxylation sites is 2. The van der Waals surface area contributed by atoms with Crippen LogP contribution in [0.15, 0.2) is 66.7 Å². The first-order chi connectivity index (χ1) is 13.1. The Labute approximate surface area is 163 Å². The molecule has 138 valence electrons. The van der Waals surface area contributed by atoms with Crippen LogP contribution in [0.3, 0.4) is 0 Å². The van der Waals surface area contributed by atoms with Crippen LogP contribution in [-0.2, 0) is 12.8 Å². The number of hydrogen-bond donors (Lipinski definition) is 0. The van der Waals surface area contributed by atoms with Gasteiger partial charge in [0, 0.05) is 11.4 Å². The number of fused-ring (bicyclic) bond motifs is 1. The Morgan fingerprint density at radius 1 is 0.704 bits per heavy atom. The van der Waals surface area contributed by atoms with Crippen LogP contribution < -0.4 is 9.80 Å². The van der Waals surface area contributed by atoms with E-state index in [0.29, 0.717) is 0 Å². The lowest BCUT2D eigenvalue weighted by atomic mass is 10.1. The molecule has 0 saturated carbocycles. The predicted octanol–water partition coefficient (Wildman–Crippen LogP) is 6.76. The molecule has 1 unspecified atom stereocenters. The van der Waals surface area contributed by atoms with E-state index in [9.17, 15) is 0 Å². The fraction of sp³-hybridized carbons (Fsp3) is 0.280. The predicted molar refractivity (Wildman–Crippen MR) is 117 cm³/mol. The van der Waals surface area contributed by atoms with E-state index < -0.39 is 0 Å². The average molecular weight is 357 g/mol. The van der Waals surface area contributed by atoms with Crippen LogP contribution >= 0.6 is 0 Å². The van der Waals surface area contributed by atoms with Crippen molar-refractivity contribution in [1.29, 1.82) is 0 Å². The van der Waals surface area contributed by atoms with E-state index in [2.05, 4.69) is 104 Å². The number of rotatable bonds is 4. The van der Waals surface area contributed by atoms with Crippen LogP contribution in [0, 0.1) is 6.92 Å². The van der Waals surface area contributed by atoms with E-state index in [4.69, 9.17) is 0 Å². The third-order valence-electron chi connectivity index (χ3n) is 5.70. The van der Waals surface area contributed by atoms with Gasteiger partial charge in [0.25, 0.3) is 0 Å². The SMILES string of the molecule is CCc1ccc(N2c3ccccc3N(c3ccc(CC)cc3C)C2C)cc1. The van der Waals surface area contributed by atoms with Crippen molar-refractivity contribution in [3.05, 3.63) is 83.4 Å². The largest absolute Gasteiger partial charge is 0.319 e. The highest BCUT2D eigenvalue weighted by molar-refractivity contribution is 5.88. The van der Waals surface area contributed by atoms with Gasteiger partial charge in [-0.3, -0.25) is 0 Å². The molecule has 3 aromatic carbocycles. The Balaban J connectivity index is 1.81. The van der Waals surface area contributed by atoms with Crippen molar-refractivity contribution in [2.24, 2.45) is 0 Å². The van der Waals surface area contributed by atoms with E-state index >= 15 is 0 Å². The standard InChI is InChI=1S/C25H28N2/c1-5-20-11-14-22(15-12-20)26-19(4)27(25-10-8-7-9-24(25)26)23-16-13-21(6-2)17-18(23)3/h7-17,19H,5-6H2,1-4H3. The Morgan fingerprint density at radius 2 is 1.30 bits per heavy atom. The maximum absolute atomic E-state index is 2.47. The number of hydrogen-bond acceptors (Lipinski definition) is 2. The minimum Gasteiger partial charge on any atom is -0.319 e. The quantitative estimate of drug-likeness (QED) is 0.510. The lowest BCUT2D eigenvalue weighted by Crippen LogP contribution is -2.35. The number of anilines is 4. The van der Waals surface area contributed by atoms with E-state index in [1.165, 1.54) is 39.4 Å². The van der Waals surface area contributed by atoms with Gasteiger partial charge < -0.3 is 9.80 Å². The lowest BCUT2D eigenvalue weighted by molar-refractivity contribution is 0.759. The molecule has 0 aromatic heterocycles. The van der Waals surface area contributed by atoms with Gasteiger partial charge >= 0.3 is 0 Å². The van der Waals surface area contributed by atoms with Gasteiger partial charge in [-0.2, -0.15) is 0 Å². The molecule has 1 aliphatic rings. The summed E-state index contributed by atoms with van der Waals surface area (Å²) in [5.74, 6) is 0. The molecule has 0 spiro atoms. The van der Waals surface area contributed by atoms with Gasteiger partial charge in [-0.15, -0.1) is 0 Å². The van der Waals surface area contributed by atoms with Crippen LogP contribution in [0.25, 0.3) is 0 Å². The highest BCUT2D eigenvalue weighted by Gasteiger charge is 2.35. The van der Waals surface area contributed by atoms with Crippen LogP contribution in [0.4, 0.5) is 22.7 Å². The van der Waals surface area contributed by atoms with Crippen molar-refractivity contribution in [1.82, 2.24) is 0 Å². The molecule has 3 aromatic rings. The molecule has 0 amide bonds. The number of benzene rings is 3. The number of aryl methyl sites for hydroxylation is 3. The van der Waals surface area contributed by atoms with Crippen molar-refractivity contribution in [3.8, 4) is 0 Å². The van der Waals surface area contributed by atoms with E-state index in [0.717, 1.165) is 12.8 Å². The van der Waals surface area contributed by atoms with Crippen molar-refractivity contribution in [2.75, 3.05) is 9.80 Å². The summed E-state index contributed by atoms with van der Waals surface area (Å²) in [6.07, 6.45) is 2.37. The van der Waals surface area contributed by atoms with Crippen molar-refractivity contribution < 1.29 is 0 Å². The first-order valence-corrected chi connectivity index (χ1v) is 10.00. The van der Waals surface area contributed by atoms with Crippen molar-refractivity contribution >= 4 is 22.7 Å². The molecule has 0 aliphatic carbocycles. The second-order valence-electron chi connectivity index (χ2n) is 7.35. The molecule has 0 N–H and O–H groups in total. The van der Waals surface area contributed by atoms with Gasteiger partial charge in [-0.25, -0.2) is 0 Å². The van der Waals surface area contributed by atoms with Gasteiger partial charge in [0.1, 0.15) is 6.17 Å². The average Bonchev–Trinajstić information content (AvgIpc) is 3.00. The summed E-state index contributed by atoms with van der Waals surface area (Å²) in [6, 6.07) is 24.6. The third-order valence-corrected chi connectivity index (χ3v) is 5.70. The zero-order chi connectivity index (χ0) is 19.0. The molecule has 0 radical (unpaired) electrons. The summed E-state index contributed by atoms with van der Waals surface area (Å²) in [4.78, 5) is 4.92. The van der Waals surface area contributed by atoms with Gasteiger partial charge in [0.15, 0.2) is 0 Å². The normalized spacial score (nSPS) is 15.9. The zero-order valence-electron chi connectivity index (χ0n) is 16.7. The lowest BCUT2D eigenvalue weighted by Gasteiger charge is -2.31. The van der Waals surface area contributed by atoms with E-state index in [1.54, 1.807) is 0 Å². The molecular weight excluding hydrogens is 328 g/mol. The van der Waals surface area contributed by atoms with Crippen molar-refractivity contribution in [3.63, 3.8) is 0 Å². The Hall–Kier alpha value is -2.74. The minimum absolute atomic E-state index is 0.223. The molecule has 1 aliphatic heterocycles. The Bertz CT molecular complexity index is 943. The maximum atomic E-state index is 2.47. The fourth-order valence-corrected chi connectivity index (χ4v) is 4.18. The Kier molecular flexibility index (Phi) is 4.65. The smallest absolute Gasteiger partial charge is 0.108 e. The first kappa shape index (κ1) is 17.7. The van der Waals surface area contributed by atoms with Crippen LogP contribution in [0.1, 0.15) is 37.5 Å². The molecule has 27 heavy (non-hydrogen) atoms. The molecule has 1 heterocycles. The van der Waals surface area contributed by atoms with Crippen LogP contribution in [0.2, 0.25) is 0 Å². The van der Waals surface area contributed by atoms with Crippen LogP contribution in [-0.4, -0.2) is 6.17 Å². The topological polar surface area (TPSA) is 6.48 Å². The molecule has 2 nitrogen and oxygen atoms in total. The summed E-state index contributed by atoms with van der Waals surface area (Å²) in [6.45, 7) is 8.93. The van der Waals surface area contributed by atoms with E-state index in [1.807, 2.05) is 0 Å². The monoisotopic (exact) mass is 356 g/mol. The Morgan fingerprint density at radius 3 is 1.89 bits per heavy atom. The second-order valence-corrected chi connectivity index (χ2v) is 7.35. The number of nitrogens with zero attached hydrogens (tertiary/aromatic N) is 2. The molecule has 0 bridgehead atoms. The van der Waals surface area contributed by atoms with Crippen molar-refractivity contribution in [2.45, 2.75) is 46.7 Å².